The van der Waals surface area contributed by atoms with Gasteiger partial charge in [0.05, 0.1) is 71.9 Å². The Bertz CT molecular complexity index is 9170. The van der Waals surface area contributed by atoms with Gasteiger partial charge in [-0.3, -0.25) is 15.0 Å². The minimum absolute atomic E-state index is 0.957. The number of rotatable bonds is 13. The van der Waals surface area contributed by atoms with Crippen LogP contribution in [0.1, 0.15) is 0 Å². The van der Waals surface area contributed by atoms with Crippen molar-refractivity contribution in [1.29, 1.82) is 0 Å². The average molecular weight is 1760 g/mol. The van der Waals surface area contributed by atoms with E-state index in [1.54, 1.807) is 0 Å². The van der Waals surface area contributed by atoms with Gasteiger partial charge in [0.1, 0.15) is 0 Å². The summed E-state index contributed by atoms with van der Waals surface area (Å²) in [5.41, 5.74) is 37.7. The molecule has 0 aliphatic carbocycles. The quantitative estimate of drug-likeness (QED) is 0.116. The molecule has 0 bridgehead atoms. The van der Waals surface area contributed by atoms with Crippen molar-refractivity contribution in [2.45, 2.75) is 0 Å². The van der Waals surface area contributed by atoms with E-state index in [2.05, 4.69) is 498 Å². The van der Waals surface area contributed by atoms with Gasteiger partial charge in [0, 0.05) is 141 Å². The lowest BCUT2D eigenvalue weighted by atomic mass is 10.0. The zero-order valence-electron chi connectivity index (χ0n) is 75.1. The monoisotopic (exact) mass is 1760 g/mol. The van der Waals surface area contributed by atoms with Gasteiger partial charge >= 0.3 is 0 Å². The Morgan fingerprint density at radius 3 is 0.681 bits per heavy atom. The Morgan fingerprint density at radius 1 is 0.123 bits per heavy atom. The number of pyridine rings is 3. The molecule has 138 heavy (non-hydrogen) atoms. The predicted molar refractivity (Wildman–Crippen MR) is 577 cm³/mol. The van der Waals surface area contributed by atoms with Crippen molar-refractivity contribution in [2.24, 2.45) is 0 Å². The molecule has 0 amide bonds. The van der Waals surface area contributed by atoms with Gasteiger partial charge in [-0.15, -0.1) is 0 Å². The molecule has 0 unspecified atom stereocenters. The Morgan fingerprint density at radius 2 is 0.362 bits per heavy atom. The molecule has 646 valence electrons. The zero-order chi connectivity index (χ0) is 91.1. The SMILES string of the molecule is c1ccc(-c2ccc(-c3cccc(-n4c5ccccc5c5cc(-c6ccc7c(c6)c6ccccc6n7-c6ccccc6)ccc54)c3)nc2)cc1.c1ccc(-n2c3ccccc3c3cc(-c4ccc5c(c4)c4ccccc4n5-c4ccc(-c5cccnc5)cc4)ccc32)cc1.c1ccc(-n2c3ccccc3c3cc(-c4ccc5c(c4)c4ccccc4n5-c4ccc(-c5ccncc5)cc4)ccc32)cc1. The van der Waals surface area contributed by atoms with E-state index in [9.17, 15) is 0 Å². The molecule has 0 N–H and O–H groups in total. The van der Waals surface area contributed by atoms with Crippen LogP contribution in [0.5, 0.6) is 0 Å². The summed E-state index contributed by atoms with van der Waals surface area (Å²) in [4.78, 5) is 13.3. The molecule has 28 rings (SSSR count). The van der Waals surface area contributed by atoms with Crippen LogP contribution in [0, 0.1) is 0 Å². The number of hydrogen-bond donors (Lipinski definition) is 0. The lowest BCUT2D eigenvalue weighted by molar-refractivity contribution is 1.18. The molecular formula is C129H85N9. The van der Waals surface area contributed by atoms with E-state index in [1.165, 1.54) is 198 Å². The minimum atomic E-state index is 0.957. The number of para-hydroxylation sites is 9. The van der Waals surface area contributed by atoms with Gasteiger partial charge in [0.2, 0.25) is 0 Å². The first-order valence-corrected chi connectivity index (χ1v) is 47.0. The zero-order valence-corrected chi connectivity index (χ0v) is 75.1. The second-order valence-electron chi connectivity index (χ2n) is 35.4. The van der Waals surface area contributed by atoms with Crippen molar-refractivity contribution >= 4 is 131 Å². The second kappa shape index (κ2) is 33.9. The number of hydrogen-bond acceptors (Lipinski definition) is 3. The topological polar surface area (TPSA) is 68.2 Å². The van der Waals surface area contributed by atoms with E-state index < -0.39 is 0 Å². The van der Waals surface area contributed by atoms with Crippen molar-refractivity contribution in [2.75, 3.05) is 0 Å². The summed E-state index contributed by atoms with van der Waals surface area (Å²) in [6.07, 6.45) is 9.37. The molecule has 28 aromatic rings. The first-order chi connectivity index (χ1) is 68.5. The first kappa shape index (κ1) is 80.3. The second-order valence-corrected chi connectivity index (χ2v) is 35.4. The van der Waals surface area contributed by atoms with Gasteiger partial charge in [-0.2, -0.15) is 0 Å². The number of benzene rings is 19. The maximum absolute atomic E-state index is 4.87. The van der Waals surface area contributed by atoms with Crippen LogP contribution < -0.4 is 0 Å². The third-order valence-electron chi connectivity index (χ3n) is 27.6. The van der Waals surface area contributed by atoms with E-state index in [-0.39, 0.29) is 0 Å². The van der Waals surface area contributed by atoms with E-state index in [0.29, 0.717) is 0 Å². The van der Waals surface area contributed by atoms with Crippen LogP contribution in [0.25, 0.3) is 243 Å². The predicted octanol–water partition coefficient (Wildman–Crippen LogP) is 33.5. The lowest BCUT2D eigenvalue weighted by Crippen LogP contribution is -1.95. The van der Waals surface area contributed by atoms with Crippen molar-refractivity contribution in [3.8, 4) is 112 Å². The lowest BCUT2D eigenvalue weighted by Gasteiger charge is -2.11. The highest BCUT2D eigenvalue weighted by Gasteiger charge is 2.23. The van der Waals surface area contributed by atoms with Crippen LogP contribution in [-0.2, 0) is 0 Å². The van der Waals surface area contributed by atoms with Crippen molar-refractivity contribution in [1.82, 2.24) is 42.4 Å². The standard InChI is InChI=1S/C47H31N3.2C41H27N3/c1-3-12-32(13-4-1)36-22-25-43(48-31-36)35-14-11-17-38(28-35)50-45-21-10-8-19-40(45)42-30-34(24-27-47(42)50)33-23-26-46-41(29-33)39-18-7-9-20-44(39)49(46)37-15-5-2-6-16-37;1-2-10-32(11-3-1)43-38-14-6-4-12-34(38)36-25-29(18-22-40(36)43)30-19-23-41-37(26-30)35-13-5-7-15-39(35)44(41)33-20-16-28(17-21-33)31-9-8-24-42-27-31;1-2-8-32(9-3-1)43-38-12-6-4-10-34(38)36-26-30(16-20-40(36)43)31-17-21-41-37(27-31)35-11-5-7-13-39(35)44(41)33-18-14-28(15-19-33)29-22-24-42-25-23-29/h1-31H;2*1-27H. The molecule has 0 spiro atoms. The van der Waals surface area contributed by atoms with Gasteiger partial charge in [0.25, 0.3) is 0 Å². The van der Waals surface area contributed by atoms with Gasteiger partial charge in [-0.05, 0) is 267 Å². The van der Waals surface area contributed by atoms with Crippen LogP contribution in [0.2, 0.25) is 0 Å². The van der Waals surface area contributed by atoms with Gasteiger partial charge in [-0.1, -0.05) is 279 Å². The summed E-state index contributed by atoms with van der Waals surface area (Å²) in [5, 5.41) is 15.1. The van der Waals surface area contributed by atoms with Crippen LogP contribution in [0.15, 0.2) is 516 Å². The molecule has 0 aliphatic heterocycles. The third-order valence-corrected chi connectivity index (χ3v) is 27.6. The third kappa shape index (κ3) is 14.0. The fourth-order valence-corrected chi connectivity index (χ4v) is 21.2. The Labute approximate surface area is 796 Å². The summed E-state index contributed by atoms with van der Waals surface area (Å²) in [7, 11) is 0. The van der Waals surface area contributed by atoms with Gasteiger partial charge < -0.3 is 27.4 Å². The molecule has 0 saturated carbocycles. The minimum Gasteiger partial charge on any atom is -0.309 e. The maximum atomic E-state index is 4.87. The van der Waals surface area contributed by atoms with Crippen molar-refractivity contribution in [3.05, 3.63) is 516 Å². The summed E-state index contributed by atoms with van der Waals surface area (Å²) in [6.45, 7) is 0. The Hall–Kier alpha value is -18.6. The molecule has 19 aromatic carbocycles. The Balaban J connectivity index is 0.000000107. The fourth-order valence-electron chi connectivity index (χ4n) is 21.2. The van der Waals surface area contributed by atoms with Crippen LogP contribution in [0.3, 0.4) is 0 Å². The van der Waals surface area contributed by atoms with Gasteiger partial charge in [0.15, 0.2) is 0 Å². The largest absolute Gasteiger partial charge is 0.309 e. The summed E-state index contributed by atoms with van der Waals surface area (Å²) in [6, 6.07) is 175. The number of aromatic nitrogens is 9. The number of nitrogens with zero attached hydrogens (tertiary/aromatic N) is 9. The molecule has 9 aromatic heterocycles. The normalized spacial score (nSPS) is 11.6. The number of fused-ring (bicyclic) bond motifs is 18. The van der Waals surface area contributed by atoms with Crippen LogP contribution >= 0.6 is 0 Å². The molecule has 0 fully saturated rings. The molecule has 9 heteroatoms. The molecule has 0 atom stereocenters. The molecular weight excluding hydrogens is 1680 g/mol. The first-order valence-electron chi connectivity index (χ1n) is 47.0. The molecule has 0 saturated heterocycles. The highest BCUT2D eigenvalue weighted by Crippen LogP contribution is 2.45. The molecule has 9 nitrogen and oxygen atoms in total. The van der Waals surface area contributed by atoms with E-state index in [1.807, 2.05) is 55.2 Å². The average Bonchev–Trinajstić information content (AvgIpc) is 1.59. The highest BCUT2D eigenvalue weighted by molar-refractivity contribution is 6.17. The fraction of sp³-hybridized carbons (Fsp3) is 0. The smallest absolute Gasteiger partial charge is 0.0703 e. The summed E-state index contributed by atoms with van der Waals surface area (Å²) < 4.78 is 14.2. The molecule has 0 radical (unpaired) electrons. The van der Waals surface area contributed by atoms with Crippen molar-refractivity contribution in [3.63, 3.8) is 0 Å². The Kier molecular flexibility index (Phi) is 19.7. The summed E-state index contributed by atoms with van der Waals surface area (Å²) in [5.74, 6) is 0. The van der Waals surface area contributed by atoms with E-state index >= 15 is 0 Å². The maximum Gasteiger partial charge on any atom is 0.0703 e. The highest BCUT2D eigenvalue weighted by atomic mass is 15.0. The molecule has 9 heterocycles. The van der Waals surface area contributed by atoms with E-state index in [0.717, 1.165) is 45.0 Å². The van der Waals surface area contributed by atoms with Crippen LogP contribution in [0.4, 0.5) is 0 Å². The van der Waals surface area contributed by atoms with Crippen LogP contribution in [-0.4, -0.2) is 42.4 Å². The van der Waals surface area contributed by atoms with Gasteiger partial charge in [-0.25, -0.2) is 0 Å². The summed E-state index contributed by atoms with van der Waals surface area (Å²) >= 11 is 0. The van der Waals surface area contributed by atoms with E-state index in [4.69, 9.17) is 4.98 Å². The van der Waals surface area contributed by atoms with Crippen molar-refractivity contribution < 1.29 is 0 Å². The molecule has 0 aliphatic rings.